The van der Waals surface area contributed by atoms with Gasteiger partial charge in [0.1, 0.15) is 28.9 Å². The van der Waals surface area contributed by atoms with Crippen molar-refractivity contribution in [1.29, 1.82) is 0 Å². The Morgan fingerprint density at radius 3 is 2.48 bits per heavy atom. The summed E-state index contributed by atoms with van der Waals surface area (Å²) in [7, 11) is 1.40. The van der Waals surface area contributed by atoms with E-state index in [1.165, 1.54) is 49.6 Å². The minimum atomic E-state index is -1.35. The number of aliphatic hydroxyl groups is 1. The van der Waals surface area contributed by atoms with Crippen LogP contribution in [0.1, 0.15) is 17.2 Å². The normalized spacial score (nSPS) is 17.5. The number of benzene rings is 3. The number of rotatable bonds is 4. The number of ketones is 1. The lowest BCUT2D eigenvalue weighted by atomic mass is 9.95. The average molecular weight is 472 g/mol. The third kappa shape index (κ3) is 3.89. The molecule has 1 unspecified atom stereocenters. The number of nitrogens with zero attached hydrogens (tertiary/aromatic N) is 1. The average Bonchev–Trinajstić information content (AvgIpc) is 3.05. The van der Waals surface area contributed by atoms with Crippen molar-refractivity contribution in [1.82, 2.24) is 0 Å². The molecular formula is C24H16ClF2NO5. The minimum Gasteiger partial charge on any atom is -0.508 e. The van der Waals surface area contributed by atoms with Crippen LogP contribution in [0.3, 0.4) is 0 Å². The molecule has 0 spiro atoms. The maximum Gasteiger partial charge on any atom is 0.300 e. The first-order valence-corrected chi connectivity index (χ1v) is 9.99. The van der Waals surface area contributed by atoms with E-state index >= 15 is 0 Å². The lowest BCUT2D eigenvalue weighted by Gasteiger charge is -2.26. The summed E-state index contributed by atoms with van der Waals surface area (Å²) < 4.78 is 33.7. The summed E-state index contributed by atoms with van der Waals surface area (Å²) in [5, 5.41) is 21.1. The van der Waals surface area contributed by atoms with Crippen LogP contribution in [0.25, 0.3) is 5.76 Å². The fourth-order valence-corrected chi connectivity index (χ4v) is 3.99. The predicted octanol–water partition coefficient (Wildman–Crippen LogP) is 4.96. The van der Waals surface area contributed by atoms with Gasteiger partial charge in [-0.25, -0.2) is 8.78 Å². The number of methoxy groups -OCH3 is 1. The Balaban J connectivity index is 1.98. The van der Waals surface area contributed by atoms with Gasteiger partial charge < -0.3 is 14.9 Å². The molecule has 1 aliphatic rings. The summed E-state index contributed by atoms with van der Waals surface area (Å²) in [6.45, 7) is 0. The Bertz CT molecular complexity index is 1320. The van der Waals surface area contributed by atoms with E-state index < -0.39 is 40.8 Å². The predicted molar refractivity (Wildman–Crippen MR) is 117 cm³/mol. The van der Waals surface area contributed by atoms with Crippen LogP contribution in [-0.4, -0.2) is 29.0 Å². The first-order chi connectivity index (χ1) is 15.7. The molecule has 4 rings (SSSR count). The molecule has 0 radical (unpaired) electrons. The molecule has 3 aromatic carbocycles. The van der Waals surface area contributed by atoms with Gasteiger partial charge in [0.25, 0.3) is 11.7 Å². The number of hydrogen-bond donors (Lipinski definition) is 2. The zero-order valence-corrected chi connectivity index (χ0v) is 17.8. The molecule has 0 aliphatic carbocycles. The van der Waals surface area contributed by atoms with Crippen molar-refractivity contribution in [3.8, 4) is 11.5 Å². The fourth-order valence-electron chi connectivity index (χ4n) is 3.73. The molecule has 33 heavy (non-hydrogen) atoms. The Morgan fingerprint density at radius 1 is 1.06 bits per heavy atom. The molecule has 1 heterocycles. The van der Waals surface area contributed by atoms with Gasteiger partial charge in [-0.1, -0.05) is 23.7 Å². The number of carbonyl (C=O) groups is 2. The monoisotopic (exact) mass is 471 g/mol. The van der Waals surface area contributed by atoms with Crippen LogP contribution in [0.4, 0.5) is 14.5 Å². The van der Waals surface area contributed by atoms with Crippen LogP contribution in [-0.2, 0) is 9.59 Å². The lowest BCUT2D eigenvalue weighted by molar-refractivity contribution is -0.132. The molecule has 1 amide bonds. The van der Waals surface area contributed by atoms with E-state index in [4.69, 9.17) is 16.3 Å². The van der Waals surface area contributed by atoms with Crippen molar-refractivity contribution in [3.63, 3.8) is 0 Å². The Labute approximate surface area is 191 Å². The van der Waals surface area contributed by atoms with E-state index in [0.29, 0.717) is 5.75 Å². The first-order valence-electron chi connectivity index (χ1n) is 9.61. The topological polar surface area (TPSA) is 87.1 Å². The number of carbonyl (C=O) groups excluding carboxylic acids is 2. The van der Waals surface area contributed by atoms with Crippen molar-refractivity contribution >= 4 is 34.7 Å². The van der Waals surface area contributed by atoms with Crippen molar-refractivity contribution in [2.75, 3.05) is 12.0 Å². The molecule has 1 aliphatic heterocycles. The maximum absolute atomic E-state index is 14.6. The second kappa shape index (κ2) is 8.55. The molecule has 168 valence electrons. The Kier molecular flexibility index (Phi) is 5.78. The highest BCUT2D eigenvalue weighted by Gasteiger charge is 2.48. The molecule has 2 N–H and O–H groups in total. The van der Waals surface area contributed by atoms with E-state index in [1.807, 2.05) is 0 Å². The van der Waals surface area contributed by atoms with Crippen LogP contribution in [0.2, 0.25) is 5.02 Å². The molecule has 6 nitrogen and oxygen atoms in total. The third-order valence-corrected chi connectivity index (χ3v) is 5.52. The number of amides is 1. The maximum atomic E-state index is 14.6. The number of phenols is 1. The van der Waals surface area contributed by atoms with Gasteiger partial charge in [0.05, 0.1) is 29.4 Å². The molecule has 0 bridgehead atoms. The molecule has 1 saturated heterocycles. The third-order valence-electron chi connectivity index (χ3n) is 5.22. The van der Waals surface area contributed by atoms with E-state index in [2.05, 4.69) is 0 Å². The highest BCUT2D eigenvalue weighted by molar-refractivity contribution is 6.51. The SMILES string of the molecule is COc1ccc(/C(O)=C2\C(=O)C(=O)N(c3cc(F)ccc3F)C2c2cccc(O)c2)cc1Cl. The van der Waals surface area contributed by atoms with Gasteiger partial charge in [0.15, 0.2) is 0 Å². The van der Waals surface area contributed by atoms with Crippen molar-refractivity contribution in [3.05, 3.63) is 94.0 Å². The van der Waals surface area contributed by atoms with E-state index in [1.54, 1.807) is 0 Å². The molecule has 0 aromatic heterocycles. The number of anilines is 1. The van der Waals surface area contributed by atoms with Gasteiger partial charge in [-0.3, -0.25) is 14.5 Å². The summed E-state index contributed by atoms with van der Waals surface area (Å²) in [5.41, 5.74) is -0.574. The summed E-state index contributed by atoms with van der Waals surface area (Å²) >= 11 is 6.14. The van der Waals surface area contributed by atoms with E-state index in [-0.39, 0.29) is 27.5 Å². The van der Waals surface area contributed by atoms with Gasteiger partial charge in [0.2, 0.25) is 0 Å². The molecule has 1 atom stereocenters. The van der Waals surface area contributed by atoms with Crippen molar-refractivity contribution in [2.45, 2.75) is 6.04 Å². The Morgan fingerprint density at radius 2 is 1.82 bits per heavy atom. The quantitative estimate of drug-likeness (QED) is 0.319. The standard InChI is InChI=1S/C24H16ClF2NO5/c1-33-19-8-5-13(10-16(19)25)22(30)20-21(12-3-2-4-15(29)9-12)28(24(32)23(20)31)18-11-14(26)6-7-17(18)27/h2-11,21,29-30H,1H3/b22-20+. The Hall–Kier alpha value is -3.91. The fraction of sp³-hybridized carbons (Fsp3) is 0.0833. The summed E-state index contributed by atoms with van der Waals surface area (Å²) in [4.78, 5) is 26.8. The van der Waals surface area contributed by atoms with Gasteiger partial charge >= 0.3 is 0 Å². The molecule has 0 saturated carbocycles. The van der Waals surface area contributed by atoms with E-state index in [9.17, 15) is 28.6 Å². The van der Waals surface area contributed by atoms with Gasteiger partial charge in [-0.05, 0) is 48.0 Å². The highest BCUT2D eigenvalue weighted by atomic mass is 35.5. The lowest BCUT2D eigenvalue weighted by Crippen LogP contribution is -2.30. The van der Waals surface area contributed by atoms with Crippen LogP contribution in [0.15, 0.2) is 66.2 Å². The number of hydrogen-bond acceptors (Lipinski definition) is 5. The van der Waals surface area contributed by atoms with Gasteiger partial charge in [-0.2, -0.15) is 0 Å². The zero-order chi connectivity index (χ0) is 23.9. The van der Waals surface area contributed by atoms with Crippen molar-refractivity contribution in [2.24, 2.45) is 0 Å². The van der Waals surface area contributed by atoms with Crippen LogP contribution in [0, 0.1) is 11.6 Å². The molecule has 3 aromatic rings. The van der Waals surface area contributed by atoms with Gasteiger partial charge in [-0.15, -0.1) is 0 Å². The number of halogens is 3. The number of phenolic OH excluding ortho intramolecular Hbond substituents is 1. The smallest absolute Gasteiger partial charge is 0.300 e. The van der Waals surface area contributed by atoms with Crippen LogP contribution in [0.5, 0.6) is 11.5 Å². The number of aliphatic hydroxyl groups excluding tert-OH is 1. The first kappa shape index (κ1) is 22.3. The second-order valence-electron chi connectivity index (χ2n) is 7.21. The number of aromatic hydroxyl groups is 1. The summed E-state index contributed by atoms with van der Waals surface area (Å²) in [6, 6.07) is 10.9. The van der Waals surface area contributed by atoms with Crippen molar-refractivity contribution < 1.29 is 33.3 Å². The molecule has 9 heteroatoms. The van der Waals surface area contributed by atoms with Gasteiger partial charge in [0, 0.05) is 11.6 Å². The largest absolute Gasteiger partial charge is 0.508 e. The number of ether oxygens (including phenoxy) is 1. The summed E-state index contributed by atoms with van der Waals surface area (Å²) in [6.07, 6.45) is 0. The van der Waals surface area contributed by atoms with Crippen LogP contribution >= 0.6 is 11.6 Å². The number of Topliss-reactive ketones (excluding diaryl/α,β-unsaturated/α-hetero) is 1. The molecular weight excluding hydrogens is 456 g/mol. The van der Waals surface area contributed by atoms with Crippen LogP contribution < -0.4 is 9.64 Å². The summed E-state index contributed by atoms with van der Waals surface area (Å²) in [5.74, 6) is -4.51. The highest BCUT2D eigenvalue weighted by Crippen LogP contribution is 2.44. The second-order valence-corrected chi connectivity index (χ2v) is 7.62. The molecule has 1 fully saturated rings. The van der Waals surface area contributed by atoms with E-state index in [0.717, 1.165) is 23.1 Å². The minimum absolute atomic E-state index is 0.101. The zero-order valence-electron chi connectivity index (χ0n) is 17.1.